The van der Waals surface area contributed by atoms with Crippen LogP contribution in [0.4, 0.5) is 14.6 Å². The molecule has 0 aliphatic rings. The Labute approximate surface area is 68.4 Å². The van der Waals surface area contributed by atoms with Crippen LogP contribution in [0.25, 0.3) is 0 Å². The van der Waals surface area contributed by atoms with Crippen molar-refractivity contribution in [2.24, 2.45) is 5.73 Å². The Morgan fingerprint density at radius 1 is 1.50 bits per heavy atom. The van der Waals surface area contributed by atoms with Gasteiger partial charge >= 0.3 is 0 Å². The van der Waals surface area contributed by atoms with Crippen molar-refractivity contribution in [2.75, 3.05) is 5.73 Å². The third-order valence-corrected chi connectivity index (χ3v) is 1.50. The number of nitrogens with two attached hydrogens (primary N) is 2. The maximum absolute atomic E-state index is 12.2. The Bertz CT molecular complexity index is 275. The third-order valence-electron chi connectivity index (χ3n) is 1.50. The average Bonchev–Trinajstić information content (AvgIpc) is 2.03. The predicted octanol–water partition coefficient (Wildman–Crippen LogP) is 1.06. The van der Waals surface area contributed by atoms with Gasteiger partial charge in [0.25, 0.3) is 6.43 Å². The second kappa shape index (κ2) is 3.44. The maximum Gasteiger partial charge on any atom is 0.265 e. The Hall–Kier alpha value is -1.23. The van der Waals surface area contributed by atoms with Crippen LogP contribution in [0.1, 0.15) is 17.6 Å². The van der Waals surface area contributed by atoms with Crippen LogP contribution in [-0.2, 0) is 6.54 Å². The van der Waals surface area contributed by atoms with Gasteiger partial charge in [0.05, 0.1) is 0 Å². The van der Waals surface area contributed by atoms with Crippen molar-refractivity contribution in [3.8, 4) is 0 Å². The fraction of sp³-hybridized carbons (Fsp3) is 0.286. The second-order valence-electron chi connectivity index (χ2n) is 2.31. The number of alkyl halides is 2. The van der Waals surface area contributed by atoms with E-state index >= 15 is 0 Å². The van der Waals surface area contributed by atoms with E-state index in [4.69, 9.17) is 11.5 Å². The van der Waals surface area contributed by atoms with E-state index < -0.39 is 6.43 Å². The van der Waals surface area contributed by atoms with Crippen molar-refractivity contribution in [1.29, 1.82) is 0 Å². The van der Waals surface area contributed by atoms with Gasteiger partial charge in [-0.1, -0.05) is 0 Å². The van der Waals surface area contributed by atoms with E-state index in [1.54, 1.807) is 0 Å². The highest BCUT2D eigenvalue weighted by molar-refractivity contribution is 5.37. The number of anilines is 1. The molecule has 0 atom stereocenters. The van der Waals surface area contributed by atoms with Gasteiger partial charge in [0, 0.05) is 18.3 Å². The molecule has 1 aromatic rings. The lowest BCUT2D eigenvalue weighted by molar-refractivity contribution is 0.150. The number of aromatic nitrogens is 1. The van der Waals surface area contributed by atoms with Gasteiger partial charge in [-0.25, -0.2) is 13.8 Å². The summed E-state index contributed by atoms with van der Waals surface area (Å²) in [6.45, 7) is 0.0480. The number of nitrogen functional groups attached to an aromatic ring is 1. The molecule has 5 heteroatoms. The summed E-state index contributed by atoms with van der Waals surface area (Å²) in [6.07, 6.45) is -1.49. The second-order valence-corrected chi connectivity index (χ2v) is 2.31. The molecule has 1 rings (SSSR count). The molecule has 0 saturated heterocycles. The van der Waals surface area contributed by atoms with Gasteiger partial charge in [-0.2, -0.15) is 0 Å². The van der Waals surface area contributed by atoms with Crippen molar-refractivity contribution in [3.63, 3.8) is 0 Å². The lowest BCUT2D eigenvalue weighted by Gasteiger charge is -2.05. The molecular formula is C7H9F2N3. The van der Waals surface area contributed by atoms with Crippen LogP contribution < -0.4 is 11.5 Å². The van der Waals surface area contributed by atoms with E-state index in [-0.39, 0.29) is 17.9 Å². The fourth-order valence-corrected chi connectivity index (χ4v) is 0.899. The topological polar surface area (TPSA) is 64.9 Å². The van der Waals surface area contributed by atoms with Crippen molar-refractivity contribution in [2.45, 2.75) is 13.0 Å². The molecular weight excluding hydrogens is 164 g/mol. The number of hydrogen-bond acceptors (Lipinski definition) is 3. The van der Waals surface area contributed by atoms with Gasteiger partial charge in [-0.05, 0) is 11.6 Å². The minimum absolute atomic E-state index is 0.0480. The van der Waals surface area contributed by atoms with Gasteiger partial charge in [-0.15, -0.1) is 0 Å². The van der Waals surface area contributed by atoms with Crippen LogP contribution in [0.5, 0.6) is 0 Å². The zero-order valence-electron chi connectivity index (χ0n) is 6.30. The summed E-state index contributed by atoms with van der Waals surface area (Å²) in [5.74, 6) is 0.208. The van der Waals surface area contributed by atoms with Gasteiger partial charge in [0.2, 0.25) is 0 Å². The lowest BCUT2D eigenvalue weighted by atomic mass is 10.1. The Morgan fingerprint density at radius 2 is 2.17 bits per heavy atom. The Balaban J connectivity index is 3.11. The first kappa shape index (κ1) is 8.86. The predicted molar refractivity (Wildman–Crippen MR) is 41.5 cm³/mol. The molecule has 0 fully saturated rings. The molecule has 0 unspecified atom stereocenters. The highest BCUT2D eigenvalue weighted by Gasteiger charge is 2.12. The van der Waals surface area contributed by atoms with Crippen LogP contribution in [0, 0.1) is 0 Å². The summed E-state index contributed by atoms with van der Waals surface area (Å²) in [5, 5.41) is 0. The van der Waals surface area contributed by atoms with Crippen LogP contribution in [0.3, 0.4) is 0 Å². The quantitative estimate of drug-likeness (QED) is 0.702. The molecule has 4 N–H and O–H groups in total. The molecule has 3 nitrogen and oxygen atoms in total. The molecule has 0 amide bonds. The average molecular weight is 173 g/mol. The third kappa shape index (κ3) is 1.68. The van der Waals surface area contributed by atoms with Crippen LogP contribution >= 0.6 is 0 Å². The first-order valence-electron chi connectivity index (χ1n) is 3.37. The number of pyridine rings is 1. The SMILES string of the molecule is NCc1cc(N)ncc1C(F)F. The molecule has 0 radical (unpaired) electrons. The lowest BCUT2D eigenvalue weighted by Crippen LogP contribution is -2.04. The zero-order valence-corrected chi connectivity index (χ0v) is 6.30. The van der Waals surface area contributed by atoms with Crippen LogP contribution in [0.2, 0.25) is 0 Å². The van der Waals surface area contributed by atoms with Gasteiger partial charge in [0.1, 0.15) is 5.82 Å². The summed E-state index contributed by atoms with van der Waals surface area (Å²) in [4.78, 5) is 3.55. The van der Waals surface area contributed by atoms with E-state index in [9.17, 15) is 8.78 Å². The molecule has 0 aliphatic heterocycles. The molecule has 0 aliphatic carbocycles. The number of nitrogens with zero attached hydrogens (tertiary/aromatic N) is 1. The van der Waals surface area contributed by atoms with Crippen molar-refractivity contribution in [1.82, 2.24) is 4.98 Å². The maximum atomic E-state index is 12.2. The fourth-order valence-electron chi connectivity index (χ4n) is 0.899. The highest BCUT2D eigenvalue weighted by Crippen LogP contribution is 2.22. The summed E-state index contributed by atoms with van der Waals surface area (Å²) in [7, 11) is 0. The van der Waals surface area contributed by atoms with Gasteiger partial charge in [0.15, 0.2) is 0 Å². The zero-order chi connectivity index (χ0) is 9.14. The summed E-state index contributed by atoms with van der Waals surface area (Å²) < 4.78 is 24.4. The smallest absolute Gasteiger partial charge is 0.265 e. The molecule has 66 valence electrons. The molecule has 0 bridgehead atoms. The summed E-state index contributed by atoms with van der Waals surface area (Å²) in [6, 6.07) is 1.36. The number of halogens is 2. The van der Waals surface area contributed by atoms with E-state index in [1.165, 1.54) is 6.07 Å². The van der Waals surface area contributed by atoms with Gasteiger partial charge in [-0.3, -0.25) is 0 Å². The van der Waals surface area contributed by atoms with Crippen molar-refractivity contribution in [3.05, 3.63) is 23.4 Å². The van der Waals surface area contributed by atoms with Crippen LogP contribution in [-0.4, -0.2) is 4.98 Å². The molecule has 1 aromatic heterocycles. The van der Waals surface area contributed by atoms with Gasteiger partial charge < -0.3 is 11.5 Å². The van der Waals surface area contributed by atoms with E-state index in [0.717, 1.165) is 6.20 Å². The number of hydrogen-bond donors (Lipinski definition) is 2. The van der Waals surface area contributed by atoms with E-state index in [1.807, 2.05) is 0 Å². The minimum atomic E-state index is -2.54. The normalized spacial score (nSPS) is 10.7. The van der Waals surface area contributed by atoms with Crippen molar-refractivity contribution < 1.29 is 8.78 Å². The molecule has 1 heterocycles. The first-order chi connectivity index (χ1) is 5.65. The Morgan fingerprint density at radius 3 is 2.67 bits per heavy atom. The largest absolute Gasteiger partial charge is 0.384 e. The molecule has 0 aromatic carbocycles. The van der Waals surface area contributed by atoms with E-state index in [2.05, 4.69) is 4.98 Å². The molecule has 12 heavy (non-hydrogen) atoms. The monoisotopic (exact) mass is 173 g/mol. The standard InChI is InChI=1S/C7H9F2N3/c8-7(9)5-3-12-6(11)1-4(5)2-10/h1,3,7H,2,10H2,(H2,11,12). The highest BCUT2D eigenvalue weighted by atomic mass is 19.3. The number of rotatable bonds is 2. The molecule has 0 saturated carbocycles. The van der Waals surface area contributed by atoms with E-state index in [0.29, 0.717) is 5.56 Å². The minimum Gasteiger partial charge on any atom is -0.384 e. The Kier molecular flexibility index (Phi) is 2.54. The van der Waals surface area contributed by atoms with Crippen molar-refractivity contribution >= 4 is 5.82 Å². The molecule has 0 spiro atoms. The van der Waals surface area contributed by atoms with Crippen LogP contribution in [0.15, 0.2) is 12.3 Å². The first-order valence-corrected chi connectivity index (χ1v) is 3.37. The summed E-state index contributed by atoms with van der Waals surface area (Å²) in [5.41, 5.74) is 10.7. The summed E-state index contributed by atoms with van der Waals surface area (Å²) >= 11 is 0.